The van der Waals surface area contributed by atoms with Gasteiger partial charge in [-0.1, -0.05) is 31.0 Å². The van der Waals surface area contributed by atoms with Crippen molar-refractivity contribution >= 4 is 17.7 Å². The van der Waals surface area contributed by atoms with E-state index in [0.29, 0.717) is 11.0 Å². The Morgan fingerprint density at radius 1 is 1.35 bits per heavy atom. The second-order valence-electron chi connectivity index (χ2n) is 6.29. The van der Waals surface area contributed by atoms with Crippen LogP contribution in [-0.2, 0) is 4.79 Å². The number of hydrogen-bond acceptors (Lipinski definition) is 6. The third-order valence-electron chi connectivity index (χ3n) is 4.46. The van der Waals surface area contributed by atoms with Gasteiger partial charge in [-0.05, 0) is 37.1 Å². The van der Waals surface area contributed by atoms with E-state index >= 15 is 0 Å². The molecule has 7 nitrogen and oxygen atoms in total. The van der Waals surface area contributed by atoms with Gasteiger partial charge in [0.1, 0.15) is 11.3 Å². The van der Waals surface area contributed by atoms with Crippen LogP contribution < -0.4 is 10.1 Å². The van der Waals surface area contributed by atoms with Crippen molar-refractivity contribution in [3.05, 3.63) is 24.3 Å². The molecule has 0 radical (unpaired) electrons. The molecule has 1 amide bonds. The average Bonchev–Trinajstić information content (AvgIpc) is 3.16. The van der Waals surface area contributed by atoms with Crippen molar-refractivity contribution in [2.24, 2.45) is 0 Å². The standard InChI is InChI=1S/C18H21N5O2S/c1-25-14-7-5-13(6-8-14)16-20-17(23-22-16)26-11-15(24)21-18(12-19)9-3-2-4-10-18/h5-8H,2-4,9-11H2,1H3,(H,21,24)(H,20,22,23). The highest BCUT2D eigenvalue weighted by Crippen LogP contribution is 2.28. The molecule has 0 spiro atoms. The van der Waals surface area contributed by atoms with Crippen LogP contribution in [0.15, 0.2) is 29.4 Å². The quantitative estimate of drug-likeness (QED) is 0.757. The highest BCUT2D eigenvalue weighted by Gasteiger charge is 2.33. The van der Waals surface area contributed by atoms with E-state index in [2.05, 4.69) is 26.6 Å². The van der Waals surface area contributed by atoms with Gasteiger partial charge in [0.2, 0.25) is 11.1 Å². The Kier molecular flexibility index (Phi) is 5.78. The first-order valence-electron chi connectivity index (χ1n) is 8.56. The smallest absolute Gasteiger partial charge is 0.231 e. The number of benzene rings is 1. The van der Waals surface area contributed by atoms with Crippen molar-refractivity contribution in [1.82, 2.24) is 20.5 Å². The lowest BCUT2D eigenvalue weighted by molar-refractivity contribution is -0.120. The van der Waals surface area contributed by atoms with Crippen molar-refractivity contribution < 1.29 is 9.53 Å². The summed E-state index contributed by atoms with van der Waals surface area (Å²) in [6, 6.07) is 9.77. The second kappa shape index (κ2) is 8.23. The number of hydrogen-bond donors (Lipinski definition) is 2. The Balaban J connectivity index is 1.55. The van der Waals surface area contributed by atoms with E-state index in [9.17, 15) is 10.1 Å². The molecule has 1 aromatic carbocycles. The van der Waals surface area contributed by atoms with Crippen LogP contribution in [0.1, 0.15) is 32.1 Å². The minimum Gasteiger partial charge on any atom is -0.497 e. The number of H-pyrrole nitrogens is 1. The van der Waals surface area contributed by atoms with Gasteiger partial charge in [-0.15, -0.1) is 5.10 Å². The lowest BCUT2D eigenvalue weighted by Gasteiger charge is -2.31. The fourth-order valence-corrected chi connectivity index (χ4v) is 3.64. The van der Waals surface area contributed by atoms with Gasteiger partial charge in [0.05, 0.1) is 18.9 Å². The van der Waals surface area contributed by atoms with E-state index in [0.717, 1.165) is 43.4 Å². The lowest BCUT2D eigenvalue weighted by Crippen LogP contribution is -2.49. The molecule has 0 saturated heterocycles. The summed E-state index contributed by atoms with van der Waals surface area (Å²) in [4.78, 5) is 16.6. The molecule has 0 atom stereocenters. The number of carbonyl (C=O) groups is 1. The summed E-state index contributed by atoms with van der Waals surface area (Å²) >= 11 is 1.25. The van der Waals surface area contributed by atoms with E-state index in [1.54, 1.807) is 7.11 Å². The Morgan fingerprint density at radius 2 is 2.08 bits per heavy atom. The number of nitriles is 1. The van der Waals surface area contributed by atoms with Crippen molar-refractivity contribution in [2.45, 2.75) is 42.8 Å². The topological polar surface area (TPSA) is 104 Å². The largest absolute Gasteiger partial charge is 0.497 e. The Bertz CT molecular complexity index is 791. The third kappa shape index (κ3) is 4.35. The highest BCUT2D eigenvalue weighted by atomic mass is 32.2. The summed E-state index contributed by atoms with van der Waals surface area (Å²) in [5.74, 6) is 1.43. The van der Waals surface area contributed by atoms with E-state index in [-0.39, 0.29) is 11.7 Å². The van der Waals surface area contributed by atoms with Crippen LogP contribution in [0, 0.1) is 11.3 Å². The molecular formula is C18H21N5O2S. The van der Waals surface area contributed by atoms with Crippen molar-refractivity contribution in [3.8, 4) is 23.2 Å². The summed E-state index contributed by atoms with van der Waals surface area (Å²) in [5, 5.41) is 19.9. The first kappa shape index (κ1) is 18.3. The molecule has 1 saturated carbocycles. The van der Waals surface area contributed by atoms with Crippen LogP contribution in [0.25, 0.3) is 11.4 Å². The number of rotatable bonds is 6. The van der Waals surface area contributed by atoms with Crippen LogP contribution >= 0.6 is 11.8 Å². The Morgan fingerprint density at radius 3 is 2.73 bits per heavy atom. The van der Waals surface area contributed by atoms with E-state index in [4.69, 9.17) is 4.74 Å². The molecule has 26 heavy (non-hydrogen) atoms. The number of nitrogens with zero attached hydrogens (tertiary/aromatic N) is 3. The van der Waals surface area contributed by atoms with Gasteiger partial charge in [-0.2, -0.15) is 5.26 Å². The zero-order chi connectivity index (χ0) is 18.4. The summed E-state index contributed by atoms with van der Waals surface area (Å²) in [7, 11) is 1.62. The first-order chi connectivity index (χ1) is 12.6. The summed E-state index contributed by atoms with van der Waals surface area (Å²) in [5.41, 5.74) is 0.184. The minimum atomic E-state index is -0.705. The predicted molar refractivity (Wildman–Crippen MR) is 98.7 cm³/mol. The van der Waals surface area contributed by atoms with Crippen LogP contribution in [0.5, 0.6) is 5.75 Å². The maximum atomic E-state index is 12.2. The summed E-state index contributed by atoms with van der Waals surface area (Å²) in [6.07, 6.45) is 4.53. The van der Waals surface area contributed by atoms with E-state index in [1.807, 2.05) is 24.3 Å². The van der Waals surface area contributed by atoms with Gasteiger partial charge in [-0.25, -0.2) is 4.98 Å². The van der Waals surface area contributed by atoms with E-state index < -0.39 is 5.54 Å². The number of thioether (sulfide) groups is 1. The first-order valence-corrected chi connectivity index (χ1v) is 9.54. The van der Waals surface area contributed by atoms with Crippen LogP contribution in [0.2, 0.25) is 0 Å². The number of methoxy groups -OCH3 is 1. The molecule has 1 fully saturated rings. The van der Waals surface area contributed by atoms with Gasteiger partial charge in [0.15, 0.2) is 5.82 Å². The molecule has 0 bridgehead atoms. The number of carbonyl (C=O) groups excluding carboxylic acids is 1. The average molecular weight is 371 g/mol. The van der Waals surface area contributed by atoms with E-state index in [1.165, 1.54) is 11.8 Å². The normalized spacial score (nSPS) is 15.8. The monoisotopic (exact) mass is 371 g/mol. The van der Waals surface area contributed by atoms with Gasteiger partial charge >= 0.3 is 0 Å². The molecule has 8 heteroatoms. The highest BCUT2D eigenvalue weighted by molar-refractivity contribution is 7.99. The molecule has 136 valence electrons. The zero-order valence-electron chi connectivity index (χ0n) is 14.6. The number of nitrogens with one attached hydrogen (secondary N) is 2. The maximum Gasteiger partial charge on any atom is 0.231 e. The minimum absolute atomic E-state index is 0.158. The molecule has 1 aliphatic rings. The van der Waals surface area contributed by atoms with Gasteiger partial charge < -0.3 is 10.1 Å². The third-order valence-corrected chi connectivity index (χ3v) is 5.31. The lowest BCUT2D eigenvalue weighted by atomic mass is 9.83. The van der Waals surface area contributed by atoms with Gasteiger partial charge in [0.25, 0.3) is 0 Å². The molecule has 0 aliphatic heterocycles. The molecule has 2 aromatic rings. The van der Waals surface area contributed by atoms with Crippen LogP contribution in [-0.4, -0.2) is 39.5 Å². The fraction of sp³-hybridized carbons (Fsp3) is 0.444. The Hall–Kier alpha value is -2.53. The second-order valence-corrected chi connectivity index (χ2v) is 7.23. The number of ether oxygens (including phenoxy) is 1. The number of amides is 1. The molecular weight excluding hydrogens is 350 g/mol. The summed E-state index contributed by atoms with van der Waals surface area (Å²) in [6.45, 7) is 0. The molecule has 1 aromatic heterocycles. The predicted octanol–water partition coefficient (Wildman–Crippen LogP) is 2.92. The molecule has 1 aliphatic carbocycles. The maximum absolute atomic E-state index is 12.2. The van der Waals surface area contributed by atoms with Crippen LogP contribution in [0.3, 0.4) is 0 Å². The fourth-order valence-electron chi connectivity index (χ4n) is 3.04. The molecule has 2 N–H and O–H groups in total. The molecule has 3 rings (SSSR count). The Labute approximate surface area is 156 Å². The van der Waals surface area contributed by atoms with Crippen molar-refractivity contribution in [2.75, 3.05) is 12.9 Å². The zero-order valence-corrected chi connectivity index (χ0v) is 15.4. The van der Waals surface area contributed by atoms with Crippen LogP contribution in [0.4, 0.5) is 0 Å². The molecule has 0 unspecified atom stereocenters. The number of aromatic amines is 1. The summed E-state index contributed by atoms with van der Waals surface area (Å²) < 4.78 is 5.14. The van der Waals surface area contributed by atoms with Gasteiger partial charge in [0, 0.05) is 5.56 Å². The van der Waals surface area contributed by atoms with Gasteiger partial charge in [-0.3, -0.25) is 9.89 Å². The van der Waals surface area contributed by atoms with Crippen molar-refractivity contribution in [3.63, 3.8) is 0 Å². The van der Waals surface area contributed by atoms with Crippen molar-refractivity contribution in [1.29, 1.82) is 5.26 Å². The number of aromatic nitrogens is 3. The molecule has 1 heterocycles. The SMILES string of the molecule is COc1ccc(-c2nc(SCC(=O)NC3(C#N)CCCCC3)n[nH]2)cc1.